The smallest absolute Gasteiger partial charge is 0.288 e. The molecule has 0 saturated carbocycles. The maximum absolute atomic E-state index is 12.8. The summed E-state index contributed by atoms with van der Waals surface area (Å²) in [7, 11) is -3.61. The van der Waals surface area contributed by atoms with Gasteiger partial charge in [-0.1, -0.05) is 36.7 Å². The highest BCUT2D eigenvalue weighted by Gasteiger charge is 2.39. The number of anilines is 1. The molecule has 4 unspecified atom stereocenters. The standard InChI is InChI=1S/C22H24ClN3O4S/c1-3-13(2)25-31(29,30)15-8-10-20-18(12-15)16-5-4-6-17(16)22(24-20)14-7-9-19(23)21(11-14)26(27)28/h4-5,7-13,16-17,22,24-25H,3,6H2,1-2H3. The Balaban J connectivity index is 1.72. The average molecular weight is 462 g/mol. The van der Waals surface area contributed by atoms with Crippen molar-refractivity contribution in [2.75, 3.05) is 5.32 Å². The fraction of sp³-hybridized carbons (Fsp3) is 0.364. The van der Waals surface area contributed by atoms with Gasteiger partial charge in [-0.2, -0.15) is 0 Å². The molecule has 0 aromatic heterocycles. The number of nitro benzene ring substituents is 1. The molecule has 1 aliphatic heterocycles. The highest BCUT2D eigenvalue weighted by atomic mass is 35.5. The molecule has 1 aliphatic carbocycles. The normalized spacial score (nSPS) is 23.0. The molecule has 2 aliphatic rings. The number of hydrogen-bond donors (Lipinski definition) is 2. The second-order valence-corrected chi connectivity index (χ2v) is 10.2. The van der Waals surface area contributed by atoms with Crippen LogP contribution < -0.4 is 10.0 Å². The summed E-state index contributed by atoms with van der Waals surface area (Å²) in [6.45, 7) is 3.77. The van der Waals surface area contributed by atoms with Crippen molar-refractivity contribution in [2.24, 2.45) is 5.92 Å². The third-order valence-corrected chi connectivity index (χ3v) is 8.05. The SMILES string of the molecule is CCC(C)NS(=O)(=O)c1ccc2c(c1)C1C=CCC1C(c1ccc(Cl)c([N+](=O)[O-])c1)N2. The van der Waals surface area contributed by atoms with Gasteiger partial charge in [0.15, 0.2) is 0 Å². The van der Waals surface area contributed by atoms with Crippen LogP contribution in [0.4, 0.5) is 11.4 Å². The minimum atomic E-state index is -3.61. The van der Waals surface area contributed by atoms with Crippen LogP contribution in [0.5, 0.6) is 0 Å². The van der Waals surface area contributed by atoms with Crippen LogP contribution in [0, 0.1) is 16.0 Å². The Labute approximate surface area is 186 Å². The van der Waals surface area contributed by atoms with E-state index in [4.69, 9.17) is 11.6 Å². The first-order valence-corrected chi connectivity index (χ1v) is 12.1. The van der Waals surface area contributed by atoms with E-state index < -0.39 is 14.9 Å². The van der Waals surface area contributed by atoms with Crippen LogP contribution in [0.25, 0.3) is 0 Å². The van der Waals surface area contributed by atoms with E-state index in [-0.39, 0.29) is 39.5 Å². The van der Waals surface area contributed by atoms with Crippen molar-refractivity contribution in [1.29, 1.82) is 0 Å². The number of hydrogen-bond acceptors (Lipinski definition) is 5. The topological polar surface area (TPSA) is 101 Å². The number of rotatable bonds is 6. The van der Waals surface area contributed by atoms with E-state index in [9.17, 15) is 18.5 Å². The summed E-state index contributed by atoms with van der Waals surface area (Å²) in [6, 6.07) is 9.70. The van der Waals surface area contributed by atoms with Crippen molar-refractivity contribution >= 4 is 33.0 Å². The lowest BCUT2D eigenvalue weighted by Crippen LogP contribution is -2.33. The van der Waals surface area contributed by atoms with Crippen LogP contribution in [-0.4, -0.2) is 19.4 Å². The summed E-state index contributed by atoms with van der Waals surface area (Å²) in [5.41, 5.74) is 2.42. The molecule has 0 bridgehead atoms. The molecular formula is C22H24ClN3O4S. The molecule has 1 heterocycles. The molecule has 0 radical (unpaired) electrons. The zero-order valence-electron chi connectivity index (χ0n) is 17.2. The Morgan fingerprint density at radius 3 is 2.77 bits per heavy atom. The second-order valence-electron chi connectivity index (χ2n) is 8.12. The number of nitrogens with zero attached hydrogens (tertiary/aromatic N) is 1. The number of benzene rings is 2. The lowest BCUT2D eigenvalue weighted by Gasteiger charge is -2.37. The lowest BCUT2D eigenvalue weighted by atomic mass is 9.77. The molecule has 9 heteroatoms. The Hall–Kier alpha value is -2.42. The van der Waals surface area contributed by atoms with Crippen molar-refractivity contribution in [3.63, 3.8) is 0 Å². The van der Waals surface area contributed by atoms with Gasteiger partial charge >= 0.3 is 0 Å². The van der Waals surface area contributed by atoms with Gasteiger partial charge < -0.3 is 5.32 Å². The van der Waals surface area contributed by atoms with Crippen molar-refractivity contribution in [3.8, 4) is 0 Å². The minimum absolute atomic E-state index is 0.0229. The molecule has 0 amide bonds. The molecule has 4 atom stereocenters. The number of sulfonamides is 1. The van der Waals surface area contributed by atoms with Crippen molar-refractivity contribution in [1.82, 2.24) is 4.72 Å². The predicted molar refractivity (Wildman–Crippen MR) is 121 cm³/mol. The summed E-state index contributed by atoms with van der Waals surface area (Å²) in [5.74, 6) is 0.142. The maximum Gasteiger partial charge on any atom is 0.288 e. The molecule has 31 heavy (non-hydrogen) atoms. The van der Waals surface area contributed by atoms with Crippen LogP contribution >= 0.6 is 11.6 Å². The molecule has 2 N–H and O–H groups in total. The lowest BCUT2D eigenvalue weighted by molar-refractivity contribution is -0.384. The molecule has 164 valence electrons. The molecule has 2 aromatic rings. The third kappa shape index (κ3) is 4.07. The highest BCUT2D eigenvalue weighted by molar-refractivity contribution is 7.89. The van der Waals surface area contributed by atoms with Gasteiger partial charge in [0, 0.05) is 23.7 Å². The first kappa shape index (κ1) is 21.8. The average Bonchev–Trinajstić information content (AvgIpc) is 3.23. The fourth-order valence-corrected chi connectivity index (χ4v) is 5.90. The Morgan fingerprint density at radius 1 is 1.29 bits per heavy atom. The van der Waals surface area contributed by atoms with Gasteiger partial charge in [-0.15, -0.1) is 0 Å². The van der Waals surface area contributed by atoms with Crippen LogP contribution in [0.2, 0.25) is 5.02 Å². The fourth-order valence-electron chi connectivity index (χ4n) is 4.35. The van der Waals surface area contributed by atoms with E-state index in [0.29, 0.717) is 6.42 Å². The van der Waals surface area contributed by atoms with E-state index in [1.54, 1.807) is 24.3 Å². The molecule has 0 fully saturated rings. The summed E-state index contributed by atoms with van der Waals surface area (Å²) in [5, 5.41) is 14.9. The summed E-state index contributed by atoms with van der Waals surface area (Å²) >= 11 is 5.99. The number of nitrogens with one attached hydrogen (secondary N) is 2. The highest BCUT2D eigenvalue weighted by Crippen LogP contribution is 2.50. The minimum Gasteiger partial charge on any atom is -0.378 e. The largest absolute Gasteiger partial charge is 0.378 e. The molecule has 2 aromatic carbocycles. The number of allylic oxidation sites excluding steroid dienone is 2. The second kappa shape index (κ2) is 8.26. The zero-order valence-corrected chi connectivity index (χ0v) is 18.8. The van der Waals surface area contributed by atoms with E-state index in [2.05, 4.69) is 22.2 Å². The molecule has 4 rings (SSSR count). The van der Waals surface area contributed by atoms with Gasteiger partial charge in [0.25, 0.3) is 5.69 Å². The number of nitro groups is 1. The van der Waals surface area contributed by atoms with E-state index in [1.807, 2.05) is 19.9 Å². The van der Waals surface area contributed by atoms with Crippen LogP contribution in [0.15, 0.2) is 53.4 Å². The number of fused-ring (bicyclic) bond motifs is 3. The van der Waals surface area contributed by atoms with Gasteiger partial charge in [0.1, 0.15) is 5.02 Å². The Bertz CT molecular complexity index is 1170. The Morgan fingerprint density at radius 2 is 2.06 bits per heavy atom. The summed E-state index contributed by atoms with van der Waals surface area (Å²) in [4.78, 5) is 11.1. The quantitative estimate of drug-likeness (QED) is 0.352. The third-order valence-electron chi connectivity index (χ3n) is 6.14. The van der Waals surface area contributed by atoms with Crippen LogP contribution in [-0.2, 0) is 10.0 Å². The van der Waals surface area contributed by atoms with E-state index >= 15 is 0 Å². The summed E-state index contributed by atoms with van der Waals surface area (Å²) < 4.78 is 28.2. The number of halogens is 1. The van der Waals surface area contributed by atoms with Crippen LogP contribution in [0.1, 0.15) is 49.8 Å². The molecular weight excluding hydrogens is 438 g/mol. The van der Waals surface area contributed by atoms with E-state index in [0.717, 1.165) is 23.2 Å². The maximum atomic E-state index is 12.8. The van der Waals surface area contributed by atoms with E-state index in [1.165, 1.54) is 6.07 Å². The molecule has 7 nitrogen and oxygen atoms in total. The van der Waals surface area contributed by atoms with Gasteiger partial charge in [0.05, 0.1) is 15.9 Å². The molecule has 0 saturated heterocycles. The monoisotopic (exact) mass is 461 g/mol. The predicted octanol–water partition coefficient (Wildman–Crippen LogP) is 5.15. The van der Waals surface area contributed by atoms with Crippen molar-refractivity contribution in [3.05, 3.63) is 74.8 Å². The van der Waals surface area contributed by atoms with Crippen molar-refractivity contribution < 1.29 is 13.3 Å². The van der Waals surface area contributed by atoms with Gasteiger partial charge in [-0.3, -0.25) is 10.1 Å². The first-order chi connectivity index (χ1) is 14.7. The van der Waals surface area contributed by atoms with Gasteiger partial charge in [-0.25, -0.2) is 13.1 Å². The van der Waals surface area contributed by atoms with Gasteiger partial charge in [-0.05, 0) is 61.1 Å². The summed E-state index contributed by atoms with van der Waals surface area (Å²) in [6.07, 6.45) is 5.68. The van der Waals surface area contributed by atoms with Crippen molar-refractivity contribution in [2.45, 2.75) is 49.6 Å². The first-order valence-electron chi connectivity index (χ1n) is 10.2. The Kier molecular flexibility index (Phi) is 5.81. The van der Waals surface area contributed by atoms with Gasteiger partial charge in [0.2, 0.25) is 10.0 Å². The van der Waals surface area contributed by atoms with Crippen LogP contribution in [0.3, 0.4) is 0 Å². The molecule has 0 spiro atoms. The zero-order chi connectivity index (χ0) is 22.3.